The number of aryl methyl sites for hydroxylation is 2. The number of halogens is 4. The molecule has 0 aliphatic heterocycles. The van der Waals surface area contributed by atoms with Crippen LogP contribution in [0.5, 0.6) is 0 Å². The lowest BCUT2D eigenvalue weighted by atomic mass is 9.97. The molecule has 0 fully saturated rings. The van der Waals surface area contributed by atoms with Gasteiger partial charge in [-0.15, -0.1) is 0 Å². The summed E-state index contributed by atoms with van der Waals surface area (Å²) in [5.74, 6) is 0.567. The predicted molar refractivity (Wildman–Crippen MR) is 117 cm³/mol. The molecule has 0 aliphatic rings. The van der Waals surface area contributed by atoms with Crippen LogP contribution in [0, 0.1) is 12.8 Å². The fourth-order valence-electron chi connectivity index (χ4n) is 2.65. The Hall–Kier alpha value is -2.08. The topological polar surface area (TPSA) is 37.8 Å². The lowest BCUT2D eigenvalue weighted by molar-refractivity contribution is -0.130. The summed E-state index contributed by atoms with van der Waals surface area (Å²) in [6, 6.07) is 8.22. The number of allylic oxidation sites excluding steroid dienone is 1. The van der Waals surface area contributed by atoms with E-state index in [1.807, 2.05) is 25.3 Å². The van der Waals surface area contributed by atoms with Gasteiger partial charge in [0.05, 0.1) is 23.6 Å². The molecule has 7 heteroatoms. The lowest BCUT2D eigenvalue weighted by Crippen LogP contribution is -2.20. The average Bonchev–Trinajstić information content (AvgIpc) is 2.68. The standard InChI is InChI=1S/C20H26ClN3.C3H5F3/c1-14(5-6-18-7-9-19(21)10-8-18)11-15(2)24-17(4)20-13-22-16(3)12-23-20;1-2-3(4,5)6/h7-10,12-14,17,24H,2,5-6,11H2,1,3-4H3;2H2,1H3. The third-order valence-corrected chi connectivity index (χ3v) is 4.75. The Kier molecular flexibility index (Phi) is 10.9. The third-order valence-electron chi connectivity index (χ3n) is 4.50. The Balaban J connectivity index is 0.000000656. The van der Waals surface area contributed by atoms with E-state index in [1.165, 1.54) is 5.56 Å². The smallest absolute Gasteiger partial charge is 0.381 e. The monoisotopic (exact) mass is 441 g/mol. The minimum Gasteiger partial charge on any atom is -0.381 e. The number of hydrogen-bond donors (Lipinski definition) is 1. The molecular formula is C23H31ClF3N3. The third kappa shape index (κ3) is 11.2. The van der Waals surface area contributed by atoms with Gasteiger partial charge >= 0.3 is 6.18 Å². The van der Waals surface area contributed by atoms with Crippen LogP contribution in [-0.2, 0) is 6.42 Å². The molecule has 2 unspecified atom stereocenters. The van der Waals surface area contributed by atoms with Gasteiger partial charge in [-0.2, -0.15) is 13.2 Å². The first kappa shape index (κ1) is 26.0. The molecule has 1 aromatic heterocycles. The zero-order valence-corrected chi connectivity index (χ0v) is 18.8. The molecule has 0 saturated carbocycles. The lowest BCUT2D eigenvalue weighted by Gasteiger charge is -2.19. The van der Waals surface area contributed by atoms with Gasteiger partial charge in [-0.3, -0.25) is 9.97 Å². The molecule has 0 aliphatic carbocycles. The fourth-order valence-corrected chi connectivity index (χ4v) is 2.78. The van der Waals surface area contributed by atoms with Crippen LogP contribution in [0.25, 0.3) is 0 Å². The van der Waals surface area contributed by atoms with E-state index in [4.69, 9.17) is 11.6 Å². The normalized spacial score (nSPS) is 13.1. The molecule has 3 nitrogen and oxygen atoms in total. The summed E-state index contributed by atoms with van der Waals surface area (Å²) >= 11 is 5.92. The van der Waals surface area contributed by atoms with Crippen molar-refractivity contribution in [3.8, 4) is 0 Å². The molecule has 2 rings (SSSR count). The van der Waals surface area contributed by atoms with Crippen molar-refractivity contribution < 1.29 is 13.2 Å². The molecule has 0 bridgehead atoms. The molecule has 30 heavy (non-hydrogen) atoms. The molecular weight excluding hydrogens is 411 g/mol. The van der Waals surface area contributed by atoms with E-state index in [0.29, 0.717) is 5.92 Å². The Morgan fingerprint density at radius 3 is 2.23 bits per heavy atom. The number of benzene rings is 1. The van der Waals surface area contributed by atoms with Crippen molar-refractivity contribution in [2.24, 2.45) is 5.92 Å². The summed E-state index contributed by atoms with van der Waals surface area (Å²) < 4.78 is 32.4. The second kappa shape index (κ2) is 12.6. The Morgan fingerprint density at radius 1 is 1.13 bits per heavy atom. The number of rotatable bonds is 8. The van der Waals surface area contributed by atoms with Gasteiger partial charge in [0.2, 0.25) is 0 Å². The van der Waals surface area contributed by atoms with Crippen molar-refractivity contribution in [3.63, 3.8) is 0 Å². The quantitative estimate of drug-likeness (QED) is 0.469. The largest absolute Gasteiger partial charge is 0.388 e. The molecule has 2 atom stereocenters. The minimum absolute atomic E-state index is 0.120. The van der Waals surface area contributed by atoms with Gasteiger partial charge in [-0.1, -0.05) is 44.2 Å². The second-order valence-corrected chi connectivity index (χ2v) is 7.93. The summed E-state index contributed by atoms with van der Waals surface area (Å²) in [6.45, 7) is 11.5. The van der Waals surface area contributed by atoms with Crippen molar-refractivity contribution >= 4 is 11.6 Å². The fraction of sp³-hybridized carbons (Fsp3) is 0.478. The van der Waals surface area contributed by atoms with Gasteiger partial charge in [0, 0.05) is 23.3 Å². The minimum atomic E-state index is -3.96. The Morgan fingerprint density at radius 2 is 1.73 bits per heavy atom. The second-order valence-electron chi connectivity index (χ2n) is 7.50. The average molecular weight is 442 g/mol. The van der Waals surface area contributed by atoms with Crippen molar-refractivity contribution in [2.45, 2.75) is 65.6 Å². The highest BCUT2D eigenvalue weighted by molar-refractivity contribution is 6.30. The Bertz CT molecular complexity index is 759. The van der Waals surface area contributed by atoms with E-state index in [2.05, 4.69) is 47.8 Å². The summed E-state index contributed by atoms with van der Waals surface area (Å²) in [6.07, 6.45) is 2.07. The number of nitrogens with zero attached hydrogens (tertiary/aromatic N) is 2. The van der Waals surface area contributed by atoms with E-state index in [0.717, 1.165) is 48.3 Å². The highest BCUT2D eigenvalue weighted by atomic mass is 35.5. The number of alkyl halides is 3. The zero-order valence-electron chi connectivity index (χ0n) is 18.1. The van der Waals surface area contributed by atoms with Crippen LogP contribution < -0.4 is 5.32 Å². The maximum Gasteiger partial charge on any atom is 0.388 e. The molecule has 2 aromatic rings. The van der Waals surface area contributed by atoms with Crippen LogP contribution in [0.4, 0.5) is 13.2 Å². The summed E-state index contributed by atoms with van der Waals surface area (Å²) in [7, 11) is 0. The van der Waals surface area contributed by atoms with Gasteiger partial charge in [0.25, 0.3) is 0 Å². The van der Waals surface area contributed by atoms with Crippen LogP contribution in [0.15, 0.2) is 48.9 Å². The maximum absolute atomic E-state index is 10.8. The highest BCUT2D eigenvalue weighted by Crippen LogP contribution is 2.19. The molecule has 166 valence electrons. The van der Waals surface area contributed by atoms with Gasteiger partial charge in [-0.25, -0.2) is 0 Å². The van der Waals surface area contributed by atoms with Gasteiger partial charge in [0.15, 0.2) is 0 Å². The predicted octanol–water partition coefficient (Wildman–Crippen LogP) is 7.22. The summed E-state index contributed by atoms with van der Waals surface area (Å²) in [5.41, 5.74) is 4.25. The maximum atomic E-state index is 10.8. The van der Waals surface area contributed by atoms with Gasteiger partial charge in [0.1, 0.15) is 0 Å². The van der Waals surface area contributed by atoms with E-state index in [9.17, 15) is 13.2 Å². The summed E-state index contributed by atoms with van der Waals surface area (Å²) in [5, 5.41) is 4.23. The van der Waals surface area contributed by atoms with Crippen LogP contribution in [0.2, 0.25) is 5.02 Å². The first-order chi connectivity index (χ1) is 14.0. The molecule has 1 heterocycles. The van der Waals surface area contributed by atoms with E-state index in [1.54, 1.807) is 6.20 Å². The number of hydrogen-bond acceptors (Lipinski definition) is 3. The van der Waals surface area contributed by atoms with Crippen molar-refractivity contribution in [2.75, 3.05) is 0 Å². The van der Waals surface area contributed by atoms with Gasteiger partial charge in [-0.05, 0) is 56.7 Å². The van der Waals surface area contributed by atoms with E-state index in [-0.39, 0.29) is 6.04 Å². The number of aromatic nitrogens is 2. The van der Waals surface area contributed by atoms with E-state index < -0.39 is 12.6 Å². The molecule has 1 N–H and O–H groups in total. The van der Waals surface area contributed by atoms with Crippen LogP contribution in [-0.4, -0.2) is 16.1 Å². The molecule has 1 aromatic carbocycles. The van der Waals surface area contributed by atoms with E-state index >= 15 is 0 Å². The highest BCUT2D eigenvalue weighted by Gasteiger charge is 2.22. The summed E-state index contributed by atoms with van der Waals surface area (Å²) in [4.78, 5) is 8.71. The first-order valence-electron chi connectivity index (χ1n) is 10.0. The molecule has 0 amide bonds. The Labute approximate surface area is 182 Å². The van der Waals surface area contributed by atoms with Crippen LogP contribution in [0.1, 0.15) is 63.0 Å². The van der Waals surface area contributed by atoms with Gasteiger partial charge < -0.3 is 5.32 Å². The van der Waals surface area contributed by atoms with Crippen molar-refractivity contribution in [1.82, 2.24) is 15.3 Å². The van der Waals surface area contributed by atoms with Crippen molar-refractivity contribution in [1.29, 1.82) is 0 Å². The SMILES string of the molecule is C=C(CC(C)CCc1ccc(Cl)cc1)NC(C)c1cnc(C)cn1.CCC(F)(F)F. The van der Waals surface area contributed by atoms with Crippen LogP contribution in [0.3, 0.4) is 0 Å². The van der Waals surface area contributed by atoms with Crippen molar-refractivity contribution in [3.05, 3.63) is 70.9 Å². The number of nitrogens with one attached hydrogen (secondary N) is 1. The first-order valence-corrected chi connectivity index (χ1v) is 10.4. The molecule has 0 radical (unpaired) electrons. The molecule has 0 saturated heterocycles. The van der Waals surface area contributed by atoms with Crippen LogP contribution >= 0.6 is 11.6 Å². The zero-order chi connectivity index (χ0) is 22.7. The molecule has 0 spiro atoms.